The van der Waals surface area contributed by atoms with Crippen molar-refractivity contribution in [1.82, 2.24) is 0 Å². The number of nitrogens with one attached hydrogen (secondary N) is 1. The van der Waals surface area contributed by atoms with Gasteiger partial charge in [-0.15, -0.1) is 0 Å². The van der Waals surface area contributed by atoms with Crippen molar-refractivity contribution in [2.24, 2.45) is 0 Å². The zero-order valence-corrected chi connectivity index (χ0v) is 17.4. The van der Waals surface area contributed by atoms with Crippen molar-refractivity contribution in [2.75, 3.05) is 51.7 Å². The molecule has 3 rings (SSSR count). The molecule has 0 radical (unpaired) electrons. The maximum Gasteiger partial charge on any atom is 0.259 e. The average molecular weight is 400 g/mol. The Balaban J connectivity index is 1.71. The molecule has 0 aliphatic carbocycles. The van der Waals surface area contributed by atoms with E-state index < -0.39 is 0 Å². The Morgan fingerprint density at radius 1 is 0.897 bits per heavy atom. The van der Waals surface area contributed by atoms with Crippen LogP contribution < -0.4 is 24.4 Å². The quantitative estimate of drug-likeness (QED) is 0.766. The smallest absolute Gasteiger partial charge is 0.259 e. The van der Waals surface area contributed by atoms with E-state index in [9.17, 15) is 4.79 Å². The van der Waals surface area contributed by atoms with Crippen LogP contribution in [0.25, 0.3) is 0 Å². The molecular weight excluding hydrogens is 372 g/mol. The van der Waals surface area contributed by atoms with Gasteiger partial charge < -0.3 is 29.2 Å². The lowest BCUT2D eigenvalue weighted by Gasteiger charge is -2.33. The predicted octanol–water partition coefficient (Wildman–Crippen LogP) is 3.58. The van der Waals surface area contributed by atoms with Crippen LogP contribution in [0, 0.1) is 0 Å². The monoisotopic (exact) mass is 400 g/mol. The number of nitrogens with zero attached hydrogens (tertiary/aromatic N) is 1. The molecule has 0 unspecified atom stereocenters. The molecule has 1 N–H and O–H groups in total. The van der Waals surface area contributed by atoms with Gasteiger partial charge in [0.25, 0.3) is 5.91 Å². The Morgan fingerprint density at radius 3 is 2.10 bits per heavy atom. The number of methoxy groups -OCH3 is 4. The van der Waals surface area contributed by atoms with E-state index in [-0.39, 0.29) is 5.91 Å². The molecule has 0 spiro atoms. The van der Waals surface area contributed by atoms with Gasteiger partial charge in [-0.05, 0) is 49.2 Å². The zero-order valence-electron chi connectivity index (χ0n) is 17.4. The molecule has 1 fully saturated rings. The summed E-state index contributed by atoms with van der Waals surface area (Å²) in [6.07, 6.45) is 2.39. The van der Waals surface area contributed by atoms with Crippen LogP contribution >= 0.6 is 0 Å². The Bertz CT molecular complexity index is 830. The van der Waals surface area contributed by atoms with Crippen LogP contribution in [0.2, 0.25) is 0 Å². The second kappa shape index (κ2) is 9.52. The fraction of sp³-hybridized carbons (Fsp3) is 0.409. The van der Waals surface area contributed by atoms with E-state index in [1.807, 2.05) is 24.3 Å². The summed E-state index contributed by atoms with van der Waals surface area (Å²) in [6, 6.07) is 11.2. The number of hydrogen-bond donors (Lipinski definition) is 1. The molecule has 1 aliphatic rings. The average Bonchev–Trinajstić information content (AvgIpc) is 2.78. The number of carbonyl (C=O) groups excluding carboxylic acids is 1. The number of amides is 1. The second-order valence-corrected chi connectivity index (χ2v) is 6.80. The standard InChI is InChI=1S/C22H28N2O5/c1-26-17-11-13-24(14-12-17)16-7-5-15(6-8-16)23-22(25)18-9-10-19(27-2)21(29-4)20(18)28-3/h5-10,17H,11-14H2,1-4H3,(H,23,25). The fourth-order valence-corrected chi connectivity index (χ4v) is 3.58. The lowest BCUT2D eigenvalue weighted by atomic mass is 10.1. The third-order valence-electron chi connectivity index (χ3n) is 5.21. The number of ether oxygens (including phenoxy) is 4. The van der Waals surface area contributed by atoms with E-state index in [1.54, 1.807) is 19.2 Å². The van der Waals surface area contributed by atoms with Crippen LogP contribution in [0.15, 0.2) is 36.4 Å². The predicted molar refractivity (Wildman–Crippen MR) is 113 cm³/mol. The highest BCUT2D eigenvalue weighted by Crippen LogP contribution is 2.40. The Labute approximate surface area is 171 Å². The minimum atomic E-state index is -0.281. The first-order valence-electron chi connectivity index (χ1n) is 9.59. The Hall–Kier alpha value is -2.93. The van der Waals surface area contributed by atoms with Gasteiger partial charge in [0.1, 0.15) is 0 Å². The van der Waals surface area contributed by atoms with Gasteiger partial charge in [0.05, 0.1) is 33.0 Å². The molecule has 1 saturated heterocycles. The summed E-state index contributed by atoms with van der Waals surface area (Å²) in [7, 11) is 6.31. The molecule has 1 amide bonds. The number of benzene rings is 2. The highest BCUT2D eigenvalue weighted by molar-refractivity contribution is 6.07. The maximum absolute atomic E-state index is 12.8. The van der Waals surface area contributed by atoms with Crippen LogP contribution in [0.1, 0.15) is 23.2 Å². The molecular formula is C22H28N2O5. The van der Waals surface area contributed by atoms with Gasteiger partial charge in [0.15, 0.2) is 11.5 Å². The van der Waals surface area contributed by atoms with Crippen molar-refractivity contribution in [1.29, 1.82) is 0 Å². The van der Waals surface area contributed by atoms with Crippen LogP contribution in [-0.4, -0.2) is 53.5 Å². The van der Waals surface area contributed by atoms with Crippen molar-refractivity contribution >= 4 is 17.3 Å². The number of carbonyl (C=O) groups is 1. The van der Waals surface area contributed by atoms with Crippen molar-refractivity contribution < 1.29 is 23.7 Å². The Morgan fingerprint density at radius 2 is 1.55 bits per heavy atom. The van der Waals surface area contributed by atoms with Crippen molar-refractivity contribution in [3.05, 3.63) is 42.0 Å². The maximum atomic E-state index is 12.8. The summed E-state index contributed by atoms with van der Waals surface area (Å²) in [5.41, 5.74) is 2.22. The SMILES string of the molecule is COc1ccc(C(=O)Nc2ccc(N3CCC(OC)CC3)cc2)c(OC)c1OC. The van der Waals surface area contributed by atoms with E-state index in [2.05, 4.69) is 10.2 Å². The van der Waals surface area contributed by atoms with Crippen LogP contribution in [0.3, 0.4) is 0 Å². The number of piperidine rings is 1. The van der Waals surface area contributed by atoms with Gasteiger partial charge in [-0.2, -0.15) is 0 Å². The normalized spacial score (nSPS) is 14.4. The summed E-state index contributed by atoms with van der Waals surface area (Å²) in [4.78, 5) is 15.1. The summed E-state index contributed by atoms with van der Waals surface area (Å²) in [5, 5.41) is 2.91. The van der Waals surface area contributed by atoms with Crippen LogP contribution in [0.5, 0.6) is 17.2 Å². The lowest BCUT2D eigenvalue weighted by molar-refractivity contribution is 0.0819. The molecule has 0 bridgehead atoms. The molecule has 156 valence electrons. The molecule has 29 heavy (non-hydrogen) atoms. The molecule has 7 heteroatoms. The first-order valence-corrected chi connectivity index (χ1v) is 9.59. The minimum Gasteiger partial charge on any atom is -0.493 e. The second-order valence-electron chi connectivity index (χ2n) is 6.80. The zero-order chi connectivity index (χ0) is 20.8. The third kappa shape index (κ3) is 4.56. The van der Waals surface area contributed by atoms with Crippen molar-refractivity contribution in [3.63, 3.8) is 0 Å². The van der Waals surface area contributed by atoms with Gasteiger partial charge in [0.2, 0.25) is 5.75 Å². The largest absolute Gasteiger partial charge is 0.493 e. The van der Waals surface area contributed by atoms with Gasteiger partial charge >= 0.3 is 0 Å². The molecule has 0 aromatic heterocycles. The summed E-state index contributed by atoms with van der Waals surface area (Å²) < 4.78 is 21.5. The van der Waals surface area contributed by atoms with E-state index in [0.717, 1.165) is 31.6 Å². The van der Waals surface area contributed by atoms with Gasteiger partial charge in [-0.3, -0.25) is 4.79 Å². The van der Waals surface area contributed by atoms with Gasteiger partial charge in [0, 0.05) is 31.6 Å². The molecule has 2 aromatic carbocycles. The summed E-state index contributed by atoms with van der Waals surface area (Å²) in [6.45, 7) is 1.93. The highest BCUT2D eigenvalue weighted by Gasteiger charge is 2.21. The van der Waals surface area contributed by atoms with Crippen molar-refractivity contribution in [2.45, 2.75) is 18.9 Å². The molecule has 0 saturated carbocycles. The lowest BCUT2D eigenvalue weighted by Crippen LogP contribution is -2.36. The molecule has 1 aliphatic heterocycles. The summed E-state index contributed by atoms with van der Waals surface area (Å²) >= 11 is 0. The fourth-order valence-electron chi connectivity index (χ4n) is 3.58. The van der Waals surface area contributed by atoms with E-state index >= 15 is 0 Å². The first kappa shape index (κ1) is 20.8. The highest BCUT2D eigenvalue weighted by atomic mass is 16.5. The van der Waals surface area contributed by atoms with Crippen LogP contribution in [-0.2, 0) is 4.74 Å². The molecule has 2 aromatic rings. The van der Waals surface area contributed by atoms with E-state index in [4.69, 9.17) is 18.9 Å². The molecule has 0 atom stereocenters. The summed E-state index contributed by atoms with van der Waals surface area (Å²) in [5.74, 6) is 0.943. The number of anilines is 2. The van der Waals surface area contributed by atoms with E-state index in [0.29, 0.717) is 34.6 Å². The topological polar surface area (TPSA) is 69.3 Å². The molecule has 7 nitrogen and oxygen atoms in total. The first-order chi connectivity index (χ1) is 14.1. The third-order valence-corrected chi connectivity index (χ3v) is 5.21. The van der Waals surface area contributed by atoms with Crippen molar-refractivity contribution in [3.8, 4) is 17.2 Å². The minimum absolute atomic E-state index is 0.281. The number of rotatable bonds is 7. The van der Waals surface area contributed by atoms with E-state index in [1.165, 1.54) is 21.3 Å². The Kier molecular flexibility index (Phi) is 6.82. The number of hydrogen-bond acceptors (Lipinski definition) is 6. The van der Waals surface area contributed by atoms with Crippen LogP contribution in [0.4, 0.5) is 11.4 Å². The van der Waals surface area contributed by atoms with Gasteiger partial charge in [-0.1, -0.05) is 0 Å². The van der Waals surface area contributed by atoms with Gasteiger partial charge in [-0.25, -0.2) is 0 Å². The molecule has 1 heterocycles.